The van der Waals surface area contributed by atoms with Crippen molar-refractivity contribution in [1.29, 1.82) is 5.26 Å². The van der Waals surface area contributed by atoms with Crippen LogP contribution in [0.25, 0.3) is 5.57 Å². The Bertz CT molecular complexity index is 848. The van der Waals surface area contributed by atoms with E-state index in [1.165, 1.54) is 38.5 Å². The van der Waals surface area contributed by atoms with Gasteiger partial charge < -0.3 is 16.0 Å². The summed E-state index contributed by atoms with van der Waals surface area (Å²) in [7, 11) is 0. The number of dihydropyridines is 1. The summed E-state index contributed by atoms with van der Waals surface area (Å²) in [6.45, 7) is 1.95. The molecule has 0 radical (unpaired) electrons. The lowest BCUT2D eigenvalue weighted by Crippen LogP contribution is -2.33. The van der Waals surface area contributed by atoms with Gasteiger partial charge in [0.25, 0.3) is 0 Å². The van der Waals surface area contributed by atoms with E-state index in [2.05, 4.69) is 27.0 Å². The third-order valence-electron chi connectivity index (χ3n) is 5.79. The van der Waals surface area contributed by atoms with Crippen LogP contribution in [0.1, 0.15) is 62.6 Å². The van der Waals surface area contributed by atoms with Crippen molar-refractivity contribution in [3.05, 3.63) is 47.2 Å². The summed E-state index contributed by atoms with van der Waals surface area (Å²) >= 11 is 0. The smallest absolute Gasteiger partial charge is 0.223 e. The van der Waals surface area contributed by atoms with Gasteiger partial charge in [0.2, 0.25) is 5.95 Å². The molecular formula is C22H28N6. The second-order valence-corrected chi connectivity index (χ2v) is 7.94. The van der Waals surface area contributed by atoms with E-state index in [0.29, 0.717) is 29.3 Å². The minimum Gasteiger partial charge on any atom is -0.369 e. The molecule has 2 heterocycles. The second-order valence-electron chi connectivity index (χ2n) is 7.94. The van der Waals surface area contributed by atoms with Crippen molar-refractivity contribution in [2.75, 3.05) is 5.32 Å². The Balaban J connectivity index is 1.56. The minimum absolute atomic E-state index is 0.437. The van der Waals surface area contributed by atoms with Crippen molar-refractivity contribution >= 4 is 11.5 Å². The van der Waals surface area contributed by atoms with E-state index in [9.17, 15) is 5.26 Å². The fourth-order valence-corrected chi connectivity index (χ4v) is 4.25. The number of aryl methyl sites for hydroxylation is 1. The standard InChI is InChI=1S/C22H28N6/c1-15-14-24-22(26-17-9-4-5-10-17)28-21(15)18(13-23)19-11-6-12-20(27-19)25-16-7-2-3-8-16/h6,11-12,14,16-17,25,27H,2-5,7-10H2,1H3,(H,24,26,28)/b19-18+. The van der Waals surface area contributed by atoms with E-state index >= 15 is 0 Å². The number of hydrogen-bond donors (Lipinski definition) is 3. The Morgan fingerprint density at radius 2 is 1.79 bits per heavy atom. The van der Waals surface area contributed by atoms with E-state index in [1.54, 1.807) is 6.20 Å². The first-order chi connectivity index (χ1) is 13.7. The van der Waals surface area contributed by atoms with Crippen LogP contribution in [0.3, 0.4) is 0 Å². The molecule has 1 aromatic rings. The molecule has 0 bridgehead atoms. The lowest BCUT2D eigenvalue weighted by molar-refractivity contribution is 0.563. The quantitative estimate of drug-likeness (QED) is 0.676. The molecule has 0 saturated heterocycles. The van der Waals surface area contributed by atoms with Crippen LogP contribution in [0.2, 0.25) is 0 Å². The number of allylic oxidation sites excluding steroid dienone is 4. The molecule has 0 spiro atoms. The first-order valence-corrected chi connectivity index (χ1v) is 10.4. The van der Waals surface area contributed by atoms with Crippen LogP contribution in [-0.2, 0) is 0 Å². The molecule has 4 rings (SSSR count). The molecule has 6 heteroatoms. The molecule has 0 unspecified atom stereocenters. The lowest BCUT2D eigenvalue weighted by Gasteiger charge is -2.22. The van der Waals surface area contributed by atoms with Crippen molar-refractivity contribution in [3.8, 4) is 6.07 Å². The maximum atomic E-state index is 9.90. The zero-order chi connectivity index (χ0) is 19.3. The minimum atomic E-state index is 0.437. The van der Waals surface area contributed by atoms with E-state index in [4.69, 9.17) is 4.98 Å². The molecule has 28 heavy (non-hydrogen) atoms. The molecule has 6 nitrogen and oxygen atoms in total. The molecule has 2 saturated carbocycles. The van der Waals surface area contributed by atoms with Gasteiger partial charge >= 0.3 is 0 Å². The summed E-state index contributed by atoms with van der Waals surface area (Å²) < 4.78 is 0. The summed E-state index contributed by atoms with van der Waals surface area (Å²) in [5.74, 6) is 1.56. The summed E-state index contributed by atoms with van der Waals surface area (Å²) in [6.07, 6.45) is 17.5. The number of anilines is 1. The highest BCUT2D eigenvalue weighted by molar-refractivity contribution is 5.81. The number of nitrogens with zero attached hydrogens (tertiary/aromatic N) is 3. The topological polar surface area (TPSA) is 85.7 Å². The van der Waals surface area contributed by atoms with Crippen LogP contribution >= 0.6 is 0 Å². The molecule has 0 atom stereocenters. The van der Waals surface area contributed by atoms with E-state index in [0.717, 1.165) is 29.9 Å². The molecule has 1 aromatic heterocycles. The van der Waals surface area contributed by atoms with Crippen LogP contribution < -0.4 is 16.0 Å². The molecule has 2 aliphatic carbocycles. The number of aromatic nitrogens is 2. The normalized spacial score (nSPS) is 21.8. The third-order valence-corrected chi connectivity index (χ3v) is 5.79. The monoisotopic (exact) mass is 376 g/mol. The van der Waals surface area contributed by atoms with Gasteiger partial charge in [0, 0.05) is 18.3 Å². The number of nitrogens with one attached hydrogen (secondary N) is 3. The summed E-state index contributed by atoms with van der Waals surface area (Å²) in [5.41, 5.74) is 2.91. The van der Waals surface area contributed by atoms with Crippen molar-refractivity contribution in [2.24, 2.45) is 0 Å². The van der Waals surface area contributed by atoms with Gasteiger partial charge in [0.05, 0.1) is 11.4 Å². The average molecular weight is 377 g/mol. The molecule has 146 valence electrons. The maximum absolute atomic E-state index is 9.90. The number of hydrogen-bond acceptors (Lipinski definition) is 6. The van der Waals surface area contributed by atoms with Gasteiger partial charge in [0.1, 0.15) is 17.5 Å². The van der Waals surface area contributed by atoms with Gasteiger partial charge in [-0.1, -0.05) is 31.8 Å². The predicted molar refractivity (Wildman–Crippen MR) is 111 cm³/mol. The highest BCUT2D eigenvalue weighted by Crippen LogP contribution is 2.25. The average Bonchev–Trinajstić information content (AvgIpc) is 3.39. The van der Waals surface area contributed by atoms with Gasteiger partial charge in [-0.2, -0.15) is 5.26 Å². The molecular weight excluding hydrogens is 348 g/mol. The van der Waals surface area contributed by atoms with Gasteiger partial charge in [-0.3, -0.25) is 0 Å². The Morgan fingerprint density at radius 3 is 2.46 bits per heavy atom. The van der Waals surface area contributed by atoms with Crippen molar-refractivity contribution in [3.63, 3.8) is 0 Å². The zero-order valence-electron chi connectivity index (χ0n) is 16.5. The highest BCUT2D eigenvalue weighted by atomic mass is 15.1. The van der Waals surface area contributed by atoms with Crippen LogP contribution in [0.4, 0.5) is 5.95 Å². The van der Waals surface area contributed by atoms with Crippen LogP contribution in [0, 0.1) is 18.3 Å². The van der Waals surface area contributed by atoms with Crippen LogP contribution in [-0.4, -0.2) is 22.1 Å². The second kappa shape index (κ2) is 8.47. The fraction of sp³-hybridized carbons (Fsp3) is 0.500. The molecule has 1 aliphatic heterocycles. The molecule has 2 fully saturated rings. The van der Waals surface area contributed by atoms with E-state index in [-0.39, 0.29) is 0 Å². The summed E-state index contributed by atoms with van der Waals surface area (Å²) in [6, 6.07) is 3.31. The first-order valence-electron chi connectivity index (χ1n) is 10.4. The SMILES string of the molecule is Cc1cnc(NC2CCCC2)nc1/C(C#N)=C1\C=CC=C(NC2CCCC2)N1. The maximum Gasteiger partial charge on any atom is 0.223 e. The summed E-state index contributed by atoms with van der Waals surface area (Å²) in [5, 5.41) is 20.3. The van der Waals surface area contributed by atoms with Gasteiger partial charge in [-0.05, 0) is 50.3 Å². The number of rotatable bonds is 5. The zero-order valence-corrected chi connectivity index (χ0v) is 16.5. The molecule has 0 amide bonds. The van der Waals surface area contributed by atoms with Crippen molar-refractivity contribution < 1.29 is 0 Å². The fourth-order valence-electron chi connectivity index (χ4n) is 4.25. The van der Waals surface area contributed by atoms with E-state index in [1.807, 2.05) is 25.2 Å². The summed E-state index contributed by atoms with van der Waals surface area (Å²) in [4.78, 5) is 9.13. The highest BCUT2D eigenvalue weighted by Gasteiger charge is 2.20. The van der Waals surface area contributed by atoms with Gasteiger partial charge in [-0.25, -0.2) is 9.97 Å². The number of nitriles is 1. The Hall–Kier alpha value is -2.81. The van der Waals surface area contributed by atoms with Crippen molar-refractivity contribution in [1.82, 2.24) is 20.6 Å². The Kier molecular flexibility index (Phi) is 5.61. The predicted octanol–water partition coefficient (Wildman–Crippen LogP) is 3.91. The van der Waals surface area contributed by atoms with Gasteiger partial charge in [0.15, 0.2) is 0 Å². The molecule has 3 aliphatic rings. The lowest BCUT2D eigenvalue weighted by atomic mass is 10.1. The largest absolute Gasteiger partial charge is 0.369 e. The molecule has 0 aromatic carbocycles. The van der Waals surface area contributed by atoms with Crippen LogP contribution in [0.15, 0.2) is 35.9 Å². The Labute approximate surface area is 166 Å². The van der Waals surface area contributed by atoms with Crippen molar-refractivity contribution in [2.45, 2.75) is 70.4 Å². The third kappa shape index (κ3) is 4.19. The van der Waals surface area contributed by atoms with Crippen LogP contribution in [0.5, 0.6) is 0 Å². The Morgan fingerprint density at radius 1 is 1.11 bits per heavy atom. The van der Waals surface area contributed by atoms with Gasteiger partial charge in [-0.15, -0.1) is 0 Å². The molecule has 3 N–H and O–H groups in total. The first kappa shape index (κ1) is 18.5. The van der Waals surface area contributed by atoms with E-state index < -0.39 is 0 Å².